The summed E-state index contributed by atoms with van der Waals surface area (Å²) in [6, 6.07) is 7.55. The SMILES string of the molecule is Cc1cnc(Nc2cnn(C)c2)nc1NC(CO)c1cccc(Br)c1. The molecule has 3 aromatic rings. The van der Waals surface area contributed by atoms with Crippen molar-refractivity contribution >= 4 is 33.4 Å². The first-order valence-corrected chi connectivity index (χ1v) is 8.56. The molecule has 2 heterocycles. The average Bonchev–Trinajstić information content (AvgIpc) is 3.00. The van der Waals surface area contributed by atoms with Gasteiger partial charge in [-0.05, 0) is 24.6 Å². The number of hydrogen-bond donors (Lipinski definition) is 3. The van der Waals surface area contributed by atoms with Crippen molar-refractivity contribution in [2.24, 2.45) is 7.05 Å². The van der Waals surface area contributed by atoms with Gasteiger partial charge in [-0.1, -0.05) is 28.1 Å². The van der Waals surface area contributed by atoms with Crippen LogP contribution in [0.4, 0.5) is 17.5 Å². The van der Waals surface area contributed by atoms with Crippen LogP contribution in [-0.2, 0) is 7.05 Å². The Morgan fingerprint density at radius 3 is 2.84 bits per heavy atom. The van der Waals surface area contributed by atoms with Gasteiger partial charge >= 0.3 is 0 Å². The van der Waals surface area contributed by atoms with Gasteiger partial charge in [0.25, 0.3) is 0 Å². The molecule has 3 N–H and O–H groups in total. The lowest BCUT2D eigenvalue weighted by molar-refractivity contribution is 0.276. The molecule has 0 spiro atoms. The summed E-state index contributed by atoms with van der Waals surface area (Å²) in [5.74, 6) is 1.13. The minimum Gasteiger partial charge on any atom is -0.394 e. The van der Waals surface area contributed by atoms with Gasteiger partial charge in [-0.15, -0.1) is 0 Å². The molecule has 0 aliphatic heterocycles. The molecule has 0 amide bonds. The largest absolute Gasteiger partial charge is 0.394 e. The lowest BCUT2D eigenvalue weighted by Gasteiger charge is -2.19. The van der Waals surface area contributed by atoms with E-state index in [0.29, 0.717) is 11.8 Å². The van der Waals surface area contributed by atoms with Crippen molar-refractivity contribution in [1.82, 2.24) is 19.7 Å². The number of aromatic nitrogens is 4. The molecule has 1 aromatic carbocycles. The molecule has 1 atom stereocenters. The average molecular weight is 403 g/mol. The molecular formula is C17H19BrN6O. The molecule has 0 radical (unpaired) electrons. The second-order valence-electron chi connectivity index (χ2n) is 5.69. The molecule has 3 rings (SSSR count). The third-order valence-electron chi connectivity index (χ3n) is 3.68. The van der Waals surface area contributed by atoms with Crippen LogP contribution in [0.2, 0.25) is 0 Å². The number of anilines is 3. The van der Waals surface area contributed by atoms with Crippen molar-refractivity contribution < 1.29 is 5.11 Å². The highest BCUT2D eigenvalue weighted by molar-refractivity contribution is 9.10. The maximum Gasteiger partial charge on any atom is 0.229 e. The minimum absolute atomic E-state index is 0.0503. The van der Waals surface area contributed by atoms with Crippen molar-refractivity contribution in [3.05, 3.63) is 58.5 Å². The normalized spacial score (nSPS) is 12.0. The van der Waals surface area contributed by atoms with Gasteiger partial charge in [0.1, 0.15) is 5.82 Å². The molecule has 0 saturated heterocycles. The highest BCUT2D eigenvalue weighted by Crippen LogP contribution is 2.24. The second-order valence-corrected chi connectivity index (χ2v) is 6.60. The molecule has 0 bridgehead atoms. The third kappa shape index (κ3) is 4.34. The Morgan fingerprint density at radius 2 is 2.16 bits per heavy atom. The zero-order chi connectivity index (χ0) is 17.8. The molecule has 0 aliphatic rings. The quantitative estimate of drug-likeness (QED) is 0.586. The molecule has 0 saturated carbocycles. The molecule has 0 aliphatic carbocycles. The van der Waals surface area contributed by atoms with E-state index in [0.717, 1.165) is 21.3 Å². The van der Waals surface area contributed by atoms with Gasteiger partial charge in [-0.25, -0.2) is 4.98 Å². The monoisotopic (exact) mass is 402 g/mol. The molecule has 25 heavy (non-hydrogen) atoms. The standard InChI is InChI=1S/C17H19BrN6O/c1-11-7-19-17(21-14-8-20-24(2)9-14)23-16(11)22-15(10-25)12-4-3-5-13(18)6-12/h3-9,15,25H,10H2,1-2H3,(H2,19,21,22,23). The van der Waals surface area contributed by atoms with E-state index in [2.05, 4.69) is 41.6 Å². The van der Waals surface area contributed by atoms with E-state index in [1.807, 2.05) is 44.4 Å². The number of halogens is 1. The number of nitrogens with zero attached hydrogens (tertiary/aromatic N) is 4. The maximum atomic E-state index is 9.78. The van der Waals surface area contributed by atoms with Crippen LogP contribution in [0.25, 0.3) is 0 Å². The highest BCUT2D eigenvalue weighted by Gasteiger charge is 2.14. The highest BCUT2D eigenvalue weighted by atomic mass is 79.9. The first kappa shape index (κ1) is 17.4. The maximum absolute atomic E-state index is 9.78. The van der Waals surface area contributed by atoms with E-state index in [1.54, 1.807) is 17.1 Å². The summed E-state index contributed by atoms with van der Waals surface area (Å²) in [4.78, 5) is 8.81. The van der Waals surface area contributed by atoms with Gasteiger partial charge in [-0.2, -0.15) is 10.1 Å². The second kappa shape index (κ2) is 7.62. The Hall–Kier alpha value is -2.45. The zero-order valence-corrected chi connectivity index (χ0v) is 15.5. The van der Waals surface area contributed by atoms with Crippen LogP contribution in [-0.4, -0.2) is 31.5 Å². The van der Waals surface area contributed by atoms with Crippen molar-refractivity contribution in [2.75, 3.05) is 17.2 Å². The Bertz CT molecular complexity index is 866. The number of benzene rings is 1. The summed E-state index contributed by atoms with van der Waals surface area (Å²) in [6.45, 7) is 1.87. The van der Waals surface area contributed by atoms with E-state index in [4.69, 9.17) is 0 Å². The van der Waals surface area contributed by atoms with E-state index in [9.17, 15) is 5.11 Å². The fraction of sp³-hybridized carbons (Fsp3) is 0.235. The molecule has 1 unspecified atom stereocenters. The predicted molar refractivity (Wildman–Crippen MR) is 101 cm³/mol. The van der Waals surface area contributed by atoms with Crippen LogP contribution < -0.4 is 10.6 Å². The van der Waals surface area contributed by atoms with Crippen molar-refractivity contribution in [1.29, 1.82) is 0 Å². The Morgan fingerprint density at radius 1 is 1.32 bits per heavy atom. The van der Waals surface area contributed by atoms with E-state index >= 15 is 0 Å². The van der Waals surface area contributed by atoms with Crippen LogP contribution in [0.1, 0.15) is 17.2 Å². The van der Waals surface area contributed by atoms with Crippen molar-refractivity contribution in [3.63, 3.8) is 0 Å². The summed E-state index contributed by atoms with van der Waals surface area (Å²) in [6.07, 6.45) is 5.28. The molecule has 2 aromatic heterocycles. The number of aryl methyl sites for hydroxylation is 2. The van der Waals surface area contributed by atoms with Crippen molar-refractivity contribution in [3.8, 4) is 0 Å². The van der Waals surface area contributed by atoms with E-state index in [1.165, 1.54) is 0 Å². The molecule has 130 valence electrons. The number of nitrogens with one attached hydrogen (secondary N) is 2. The number of aliphatic hydroxyl groups excluding tert-OH is 1. The number of rotatable bonds is 6. The zero-order valence-electron chi connectivity index (χ0n) is 13.9. The van der Waals surface area contributed by atoms with Crippen LogP contribution in [0, 0.1) is 6.92 Å². The molecule has 8 heteroatoms. The summed E-state index contributed by atoms with van der Waals surface area (Å²) in [5, 5.41) is 20.3. The fourth-order valence-electron chi connectivity index (χ4n) is 2.39. The molecular weight excluding hydrogens is 384 g/mol. The van der Waals surface area contributed by atoms with Crippen LogP contribution in [0.5, 0.6) is 0 Å². The number of hydrogen-bond acceptors (Lipinski definition) is 6. The summed E-state index contributed by atoms with van der Waals surface area (Å²) in [7, 11) is 1.85. The number of aliphatic hydroxyl groups is 1. The predicted octanol–water partition coefficient (Wildman–Crippen LogP) is 3.17. The van der Waals surface area contributed by atoms with Crippen LogP contribution in [0.3, 0.4) is 0 Å². The van der Waals surface area contributed by atoms with E-state index in [-0.39, 0.29) is 12.6 Å². The van der Waals surface area contributed by atoms with Crippen molar-refractivity contribution in [2.45, 2.75) is 13.0 Å². The summed E-state index contributed by atoms with van der Waals surface area (Å²) < 4.78 is 2.66. The smallest absolute Gasteiger partial charge is 0.229 e. The van der Waals surface area contributed by atoms with Crippen LogP contribution >= 0.6 is 15.9 Å². The van der Waals surface area contributed by atoms with E-state index < -0.39 is 0 Å². The lowest BCUT2D eigenvalue weighted by Crippen LogP contribution is -2.17. The summed E-state index contributed by atoms with van der Waals surface area (Å²) >= 11 is 3.46. The Balaban J connectivity index is 1.82. The topological polar surface area (TPSA) is 87.9 Å². The van der Waals surface area contributed by atoms with Gasteiger partial charge in [0, 0.05) is 29.5 Å². The first-order chi connectivity index (χ1) is 12.0. The molecule has 0 fully saturated rings. The molecule has 7 nitrogen and oxygen atoms in total. The Labute approximate surface area is 154 Å². The van der Waals surface area contributed by atoms with Gasteiger partial charge in [0.05, 0.1) is 24.5 Å². The fourth-order valence-corrected chi connectivity index (χ4v) is 2.80. The van der Waals surface area contributed by atoms with Crippen LogP contribution in [0.15, 0.2) is 47.3 Å². The van der Waals surface area contributed by atoms with Gasteiger partial charge in [-0.3, -0.25) is 4.68 Å². The van der Waals surface area contributed by atoms with Gasteiger partial charge in [0.2, 0.25) is 5.95 Å². The summed E-state index contributed by atoms with van der Waals surface area (Å²) in [5.41, 5.74) is 2.67. The third-order valence-corrected chi connectivity index (χ3v) is 4.17. The lowest BCUT2D eigenvalue weighted by atomic mass is 10.1. The minimum atomic E-state index is -0.266. The van der Waals surface area contributed by atoms with Gasteiger partial charge in [0.15, 0.2) is 0 Å². The van der Waals surface area contributed by atoms with Gasteiger partial charge < -0.3 is 15.7 Å². The Kier molecular flexibility index (Phi) is 5.30. The first-order valence-electron chi connectivity index (χ1n) is 7.77.